The maximum Gasteiger partial charge on any atom is 0.410 e. The van der Waals surface area contributed by atoms with Crippen molar-refractivity contribution in [3.63, 3.8) is 0 Å². The number of sulfonamides is 3. The van der Waals surface area contributed by atoms with Crippen molar-refractivity contribution in [2.24, 2.45) is 34.0 Å². The summed E-state index contributed by atoms with van der Waals surface area (Å²) < 4.78 is 112. The Kier molecular flexibility index (Phi) is 29.3. The second-order valence-electron chi connectivity index (χ2n) is 39.5. The first-order valence-electron chi connectivity index (χ1n) is 45.1. The van der Waals surface area contributed by atoms with E-state index in [-0.39, 0.29) is 64.8 Å². The van der Waals surface area contributed by atoms with Gasteiger partial charge in [-0.15, -0.1) is 15.3 Å². The lowest BCUT2D eigenvalue weighted by atomic mass is 9.93. The number of aromatic nitrogens is 12. The number of rotatable bonds is 31. The van der Waals surface area contributed by atoms with Crippen LogP contribution in [0, 0.1) is 34.0 Å². The van der Waals surface area contributed by atoms with Crippen molar-refractivity contribution in [1.29, 1.82) is 0 Å². The van der Waals surface area contributed by atoms with Crippen LogP contribution in [0.2, 0.25) is 10.3 Å². The van der Waals surface area contributed by atoms with Crippen LogP contribution in [0.5, 0.6) is 17.6 Å². The predicted octanol–water partition coefficient (Wildman–Crippen LogP) is 15.0. The Hall–Kier alpha value is -10.8. The molecule has 4 amide bonds. The summed E-state index contributed by atoms with van der Waals surface area (Å²) >= 11 is 12.6. The van der Waals surface area contributed by atoms with Crippen molar-refractivity contribution in [2.75, 3.05) is 79.9 Å². The highest BCUT2D eigenvalue weighted by atomic mass is 35.5. The van der Waals surface area contributed by atoms with Crippen LogP contribution in [0.15, 0.2) is 143 Å². The van der Waals surface area contributed by atoms with E-state index in [4.69, 9.17) is 47.1 Å². The van der Waals surface area contributed by atoms with Crippen molar-refractivity contribution in [3.8, 4) is 35.1 Å². The maximum atomic E-state index is 13.6. The minimum Gasteiger partial charge on any atom is -0.477 e. The third-order valence-corrected chi connectivity index (χ3v) is 29.5. The van der Waals surface area contributed by atoms with Gasteiger partial charge in [-0.3, -0.25) is 14.4 Å². The Labute approximate surface area is 782 Å². The van der Waals surface area contributed by atoms with E-state index < -0.39 is 53.4 Å². The van der Waals surface area contributed by atoms with Crippen LogP contribution in [0.25, 0.3) is 17.5 Å². The zero-order valence-electron chi connectivity index (χ0n) is 76.9. The van der Waals surface area contributed by atoms with Crippen LogP contribution < -0.4 is 54.5 Å². The van der Waals surface area contributed by atoms with Gasteiger partial charge in [-0.25, -0.2) is 62.9 Å². The van der Waals surface area contributed by atoms with Gasteiger partial charge in [-0.05, 0) is 291 Å². The minimum atomic E-state index is -4.33. The van der Waals surface area contributed by atoms with E-state index >= 15 is 0 Å². The molecule has 132 heavy (non-hydrogen) atoms. The summed E-state index contributed by atoms with van der Waals surface area (Å²) in [6.07, 6.45) is 23.6. The fourth-order valence-electron chi connectivity index (χ4n) is 16.7. The summed E-state index contributed by atoms with van der Waals surface area (Å²) in [5.41, 5.74) is 0.159. The van der Waals surface area contributed by atoms with Crippen molar-refractivity contribution in [3.05, 3.63) is 155 Å². The molecule has 16 rings (SSSR count). The van der Waals surface area contributed by atoms with Gasteiger partial charge < -0.3 is 50.0 Å². The summed E-state index contributed by atoms with van der Waals surface area (Å²) in [6.45, 7) is 31.1. The topological polar surface area (TPSA) is 429 Å². The van der Waals surface area contributed by atoms with Crippen LogP contribution in [0.4, 0.5) is 28.1 Å². The number of carbonyl (C=O) groups is 4. The van der Waals surface area contributed by atoms with Crippen LogP contribution in [-0.2, 0) is 34.8 Å². The Bertz CT molecular complexity index is 6030. The Morgan fingerprint density at radius 1 is 0.553 bits per heavy atom. The molecule has 4 bridgehead atoms. The van der Waals surface area contributed by atoms with Gasteiger partial charge in [0.05, 0.1) is 36.5 Å². The normalized spacial score (nSPS) is 19.7. The number of likely N-dealkylation sites (tertiary alicyclic amines) is 1. The summed E-state index contributed by atoms with van der Waals surface area (Å²) in [5.74, 6) is 3.01. The highest BCUT2D eigenvalue weighted by Crippen LogP contribution is 2.50. The molecule has 3 saturated heterocycles. The molecule has 40 heteroatoms. The van der Waals surface area contributed by atoms with Crippen molar-refractivity contribution in [2.45, 2.75) is 236 Å². The van der Waals surface area contributed by atoms with Gasteiger partial charge in [0.15, 0.2) is 32.5 Å². The van der Waals surface area contributed by atoms with Crippen molar-refractivity contribution < 1.29 is 63.4 Å². The molecule has 3 atom stereocenters. The molecule has 3 unspecified atom stereocenters. The largest absolute Gasteiger partial charge is 0.477 e. The quantitative estimate of drug-likeness (QED) is 0.0157. The molecule has 710 valence electrons. The van der Waals surface area contributed by atoms with Crippen molar-refractivity contribution in [1.82, 2.24) is 83.6 Å². The maximum absolute atomic E-state index is 13.6. The van der Waals surface area contributed by atoms with E-state index in [9.17, 15) is 44.4 Å². The molecule has 13 heterocycles. The highest BCUT2D eigenvalue weighted by Gasteiger charge is 2.45. The van der Waals surface area contributed by atoms with Gasteiger partial charge in [0, 0.05) is 86.1 Å². The molecule has 4 aliphatic heterocycles. The summed E-state index contributed by atoms with van der Waals surface area (Å²) in [6, 6.07) is 28.2. The molecule has 0 spiro atoms. The van der Waals surface area contributed by atoms with E-state index in [1.807, 2.05) is 44.1 Å². The van der Waals surface area contributed by atoms with E-state index in [0.29, 0.717) is 145 Å². The molecule has 0 aromatic carbocycles. The fourth-order valence-corrected chi connectivity index (χ4v) is 20.0. The van der Waals surface area contributed by atoms with Crippen LogP contribution in [0.1, 0.15) is 230 Å². The van der Waals surface area contributed by atoms with Gasteiger partial charge in [-0.1, -0.05) is 62.2 Å². The second kappa shape index (κ2) is 39.8. The molecule has 35 nitrogen and oxygen atoms in total. The SMILES string of the molecule is CC1(CCOc2ccn(-c3ccc(C(=O)NS(=O)(=O)c4cccc(NCCCC5CN(C(=O)OC(C)(C)C)C(C)(C)C5)n4)c(Cl)n3)n2)CC1.CC1(CCOc2ccn(-c3ccc(C(=O)NS(=O)(=O)c4cccc(NCCCC5CNC(C)(C)C5)n4)c(Cl)n3)n2)CC1.CC1(CCOc2ccn(-c3ccc4c(n3)N3CC(CCCNc5cccc(n5)S(=O)(=O)NC4=O)CC3(C)C)n2)CC1. The predicted molar refractivity (Wildman–Crippen MR) is 501 cm³/mol. The van der Waals surface area contributed by atoms with Crippen molar-refractivity contribution >= 4 is 100 Å². The first kappa shape index (κ1) is 97.2. The average molecular weight is 1910 g/mol. The molecule has 0 radical (unpaired) electrons. The van der Waals surface area contributed by atoms with Gasteiger partial charge in [-0.2, -0.15) is 25.3 Å². The Morgan fingerprint density at radius 3 is 1.50 bits per heavy atom. The number of ether oxygens (including phenoxy) is 4. The number of nitrogens with one attached hydrogen (secondary N) is 7. The zero-order valence-corrected chi connectivity index (χ0v) is 80.9. The number of carbonyl (C=O) groups excluding carboxylic acids is 4. The standard InChI is InChI=1S/C34H46ClN7O6S.C29H38ClN7O4S.C29H37N7O4S/c1-32(2,3)48-31(44)41-22-23(21-33(41,4)5)9-8-18-36-25-10-7-11-28(37-25)49(45,46)40-30(43)24-12-13-26(38-29(24)35)42-19-14-27(39-42)47-20-17-34(6)15-16-34;1-28(2)18-20(19-32-28)6-5-15-31-22-7-4-8-25(33-22)42(39,40)36-27(38)21-9-10-23(34-26(21)30)37-16-11-24(35-37)41-17-14-29(3)12-13-29;1-28(2)18-20-6-5-15-30-22-7-4-8-25(31-22)41(38,39)34-27(37)21-9-10-23(32-26(21)35(28)19-20)36-16-11-24(33-36)40-17-14-29(3)12-13-29/h7,10-14,19,23H,8-9,15-18,20-22H2,1-6H3,(H,36,37)(H,40,43);4,7-11,16,20,32H,5-6,12-15,17-19H2,1-3H3,(H,31,33)(H,36,38);4,7-11,16,20H,5-6,12-15,17-19H2,1-3H3,(H,30,31)(H,34,37). The van der Waals surface area contributed by atoms with Crippen LogP contribution in [-0.4, -0.2) is 195 Å². The molecule has 6 fully saturated rings. The van der Waals surface area contributed by atoms with E-state index in [1.165, 1.54) is 90.4 Å². The first-order chi connectivity index (χ1) is 62.4. The number of hydrogen-bond acceptors (Lipinski definition) is 28. The second-order valence-corrected chi connectivity index (χ2v) is 45.1. The van der Waals surface area contributed by atoms with Gasteiger partial charge in [0.1, 0.15) is 39.2 Å². The fraction of sp³-hybridized carbons (Fsp3) is 0.533. The van der Waals surface area contributed by atoms with Crippen LogP contribution >= 0.6 is 23.2 Å². The molecule has 7 N–H and O–H groups in total. The Balaban J connectivity index is 0.000000160. The number of pyridine rings is 6. The monoisotopic (exact) mass is 1910 g/mol. The number of amides is 4. The lowest BCUT2D eigenvalue weighted by molar-refractivity contribution is 0.0130. The molecule has 3 saturated carbocycles. The van der Waals surface area contributed by atoms with Gasteiger partial charge in [0.25, 0.3) is 47.8 Å². The molecule has 3 aliphatic carbocycles. The van der Waals surface area contributed by atoms with E-state index in [1.54, 1.807) is 94.9 Å². The molecule has 9 aromatic heterocycles. The van der Waals surface area contributed by atoms with Crippen LogP contribution in [0.3, 0.4) is 0 Å². The number of fused-ring (bicyclic) bond motifs is 6. The van der Waals surface area contributed by atoms with E-state index in [2.05, 4.69) is 120 Å². The number of halogens is 2. The van der Waals surface area contributed by atoms with Gasteiger partial charge >= 0.3 is 6.09 Å². The summed E-state index contributed by atoms with van der Waals surface area (Å²) in [4.78, 5) is 82.1. The highest BCUT2D eigenvalue weighted by molar-refractivity contribution is 7.90. The Morgan fingerprint density at radius 2 is 1.03 bits per heavy atom. The van der Waals surface area contributed by atoms with Gasteiger partial charge in [0.2, 0.25) is 17.6 Å². The minimum absolute atomic E-state index is 0.0934. The summed E-state index contributed by atoms with van der Waals surface area (Å²) in [7, 11) is -12.8. The smallest absolute Gasteiger partial charge is 0.410 e. The molecule has 9 aromatic rings. The number of hydrogen-bond donors (Lipinski definition) is 7. The molecular formula is C92H121Cl2N21O14S3. The lowest BCUT2D eigenvalue weighted by Gasteiger charge is -2.34. The number of anilines is 4. The molecular weight excluding hydrogens is 1790 g/mol. The third-order valence-electron chi connectivity index (χ3n) is 25.3. The third kappa shape index (κ3) is 26.0. The average Bonchev–Trinajstić information content (AvgIpc) is 0.817. The lowest BCUT2D eigenvalue weighted by Crippen LogP contribution is -2.45. The first-order valence-corrected chi connectivity index (χ1v) is 50.3. The summed E-state index contributed by atoms with van der Waals surface area (Å²) in [5, 5.41) is 25.2. The number of nitrogens with zero attached hydrogens (tertiary/aromatic N) is 14. The molecule has 7 aliphatic rings. The van der Waals surface area contributed by atoms with E-state index in [0.717, 1.165) is 83.6 Å². The zero-order chi connectivity index (χ0) is 94.4.